The van der Waals surface area contributed by atoms with Crippen molar-refractivity contribution in [2.75, 3.05) is 26.7 Å². The van der Waals surface area contributed by atoms with Crippen LogP contribution in [-0.4, -0.2) is 37.6 Å². The molecule has 1 heterocycles. The predicted octanol–water partition coefficient (Wildman–Crippen LogP) is 2.30. The normalized spacial score (nSPS) is 21.6. The third kappa shape index (κ3) is 4.49. The summed E-state index contributed by atoms with van der Waals surface area (Å²) in [6, 6.07) is 11.5. The van der Waals surface area contributed by atoms with E-state index < -0.39 is 0 Å². The highest BCUT2D eigenvalue weighted by molar-refractivity contribution is 5.14. The summed E-state index contributed by atoms with van der Waals surface area (Å²) in [6.45, 7) is 3.63. The van der Waals surface area contributed by atoms with E-state index in [1.807, 2.05) is 0 Å². The molecule has 1 aliphatic heterocycles. The van der Waals surface area contributed by atoms with E-state index in [2.05, 4.69) is 47.6 Å². The highest BCUT2D eigenvalue weighted by Gasteiger charge is 2.15. The summed E-state index contributed by atoms with van der Waals surface area (Å²) in [5.41, 5.74) is 1.45. The maximum absolute atomic E-state index is 3.68. The third-order valence-corrected chi connectivity index (χ3v) is 3.54. The average molecular weight is 232 g/mol. The average Bonchev–Trinajstić information content (AvgIpc) is 2.36. The summed E-state index contributed by atoms with van der Waals surface area (Å²) >= 11 is 0. The van der Waals surface area contributed by atoms with E-state index >= 15 is 0 Å². The van der Waals surface area contributed by atoms with Crippen molar-refractivity contribution >= 4 is 0 Å². The van der Waals surface area contributed by atoms with E-state index in [0.717, 1.165) is 6.54 Å². The fraction of sp³-hybridized carbons (Fsp3) is 0.600. The first-order valence-electron chi connectivity index (χ1n) is 6.80. The van der Waals surface area contributed by atoms with E-state index in [4.69, 9.17) is 0 Å². The van der Waals surface area contributed by atoms with Crippen LogP contribution in [0.5, 0.6) is 0 Å². The maximum Gasteiger partial charge on any atom is 0.0195 e. The largest absolute Gasteiger partial charge is 0.313 e. The molecule has 0 bridgehead atoms. The molecule has 2 nitrogen and oxygen atoms in total. The second-order valence-corrected chi connectivity index (χ2v) is 5.14. The Morgan fingerprint density at radius 2 is 2.12 bits per heavy atom. The number of piperidine rings is 1. The highest BCUT2D eigenvalue weighted by atomic mass is 15.1. The van der Waals surface area contributed by atoms with Crippen LogP contribution in [0.2, 0.25) is 0 Å². The van der Waals surface area contributed by atoms with Crippen LogP contribution < -0.4 is 5.32 Å². The molecule has 0 amide bonds. The minimum Gasteiger partial charge on any atom is -0.313 e. The molecule has 1 atom stereocenters. The molecule has 1 aromatic rings. The topological polar surface area (TPSA) is 15.3 Å². The Morgan fingerprint density at radius 1 is 1.29 bits per heavy atom. The number of likely N-dealkylation sites (N-methyl/N-ethyl adjacent to an activating group) is 1. The number of likely N-dealkylation sites (tertiary alicyclic amines) is 1. The van der Waals surface area contributed by atoms with Gasteiger partial charge in [0.25, 0.3) is 0 Å². The molecule has 0 aliphatic carbocycles. The Bertz CT molecular complexity index is 310. The number of rotatable bonds is 5. The van der Waals surface area contributed by atoms with Gasteiger partial charge in [0, 0.05) is 12.6 Å². The zero-order valence-electron chi connectivity index (χ0n) is 10.9. The first-order chi connectivity index (χ1) is 8.34. The number of hydrogen-bond donors (Lipinski definition) is 1. The second-order valence-electron chi connectivity index (χ2n) is 5.14. The smallest absolute Gasteiger partial charge is 0.0195 e. The zero-order valence-corrected chi connectivity index (χ0v) is 10.9. The monoisotopic (exact) mass is 232 g/mol. The fourth-order valence-corrected chi connectivity index (χ4v) is 2.58. The minimum absolute atomic E-state index is 0.713. The Hall–Kier alpha value is -0.860. The minimum atomic E-state index is 0.713. The zero-order chi connectivity index (χ0) is 11.9. The van der Waals surface area contributed by atoms with Crippen LogP contribution in [0.1, 0.15) is 24.8 Å². The fourth-order valence-electron chi connectivity index (χ4n) is 2.58. The van der Waals surface area contributed by atoms with Crippen LogP contribution in [0.4, 0.5) is 0 Å². The van der Waals surface area contributed by atoms with Crippen molar-refractivity contribution in [1.29, 1.82) is 0 Å². The molecule has 1 fully saturated rings. The molecule has 17 heavy (non-hydrogen) atoms. The van der Waals surface area contributed by atoms with Crippen LogP contribution in [0.25, 0.3) is 0 Å². The first-order valence-corrected chi connectivity index (χ1v) is 6.80. The molecule has 0 spiro atoms. The van der Waals surface area contributed by atoms with Crippen molar-refractivity contribution in [3.63, 3.8) is 0 Å². The van der Waals surface area contributed by atoms with Gasteiger partial charge in [0.1, 0.15) is 0 Å². The van der Waals surface area contributed by atoms with Gasteiger partial charge in [-0.05, 0) is 51.4 Å². The molecule has 2 heteroatoms. The van der Waals surface area contributed by atoms with Gasteiger partial charge in [-0.25, -0.2) is 0 Å². The van der Waals surface area contributed by atoms with Crippen LogP contribution in [0.3, 0.4) is 0 Å². The molecule has 1 aromatic carbocycles. The van der Waals surface area contributed by atoms with E-state index in [1.54, 1.807) is 0 Å². The number of nitrogens with one attached hydrogen (secondary N) is 1. The number of nitrogens with zero attached hydrogens (tertiary/aromatic N) is 1. The van der Waals surface area contributed by atoms with Gasteiger partial charge in [0.15, 0.2) is 0 Å². The lowest BCUT2D eigenvalue weighted by molar-refractivity contribution is 0.227. The van der Waals surface area contributed by atoms with Gasteiger partial charge in [-0.3, -0.25) is 0 Å². The Labute approximate surface area is 105 Å². The molecule has 1 saturated heterocycles. The van der Waals surface area contributed by atoms with Crippen LogP contribution in [0.15, 0.2) is 30.3 Å². The van der Waals surface area contributed by atoms with Crippen LogP contribution in [0, 0.1) is 0 Å². The van der Waals surface area contributed by atoms with E-state index in [9.17, 15) is 0 Å². The molecule has 2 rings (SSSR count). The lowest BCUT2D eigenvalue weighted by Gasteiger charge is -2.30. The summed E-state index contributed by atoms with van der Waals surface area (Å²) in [6.07, 6.45) is 5.11. The van der Waals surface area contributed by atoms with Gasteiger partial charge in [-0.1, -0.05) is 30.3 Å². The van der Waals surface area contributed by atoms with Crippen molar-refractivity contribution in [2.24, 2.45) is 0 Å². The van der Waals surface area contributed by atoms with Crippen LogP contribution in [-0.2, 0) is 6.42 Å². The molecule has 1 N–H and O–H groups in total. The van der Waals surface area contributed by atoms with E-state index in [1.165, 1.54) is 44.3 Å². The molecule has 0 aromatic heterocycles. The number of hydrogen-bond acceptors (Lipinski definition) is 2. The summed E-state index contributed by atoms with van der Waals surface area (Å²) in [4.78, 5) is 2.43. The lowest BCUT2D eigenvalue weighted by atomic mass is 10.1. The number of benzene rings is 1. The van der Waals surface area contributed by atoms with Gasteiger partial charge < -0.3 is 10.2 Å². The van der Waals surface area contributed by atoms with E-state index in [-0.39, 0.29) is 0 Å². The SMILES string of the molecule is CN1CCCC(NCCCc2ccccc2)C1. The lowest BCUT2D eigenvalue weighted by Crippen LogP contribution is -2.44. The highest BCUT2D eigenvalue weighted by Crippen LogP contribution is 2.08. The van der Waals surface area contributed by atoms with Crippen molar-refractivity contribution in [3.05, 3.63) is 35.9 Å². The molecule has 1 aliphatic rings. The second kappa shape index (κ2) is 6.77. The molecule has 0 saturated carbocycles. The summed E-state index contributed by atoms with van der Waals surface area (Å²) in [7, 11) is 2.22. The molecule has 0 radical (unpaired) electrons. The molecule has 1 unspecified atom stereocenters. The van der Waals surface area contributed by atoms with Crippen molar-refractivity contribution in [2.45, 2.75) is 31.7 Å². The van der Waals surface area contributed by atoms with Crippen molar-refractivity contribution in [3.8, 4) is 0 Å². The summed E-state index contributed by atoms with van der Waals surface area (Å²) < 4.78 is 0. The van der Waals surface area contributed by atoms with Gasteiger partial charge in [-0.15, -0.1) is 0 Å². The maximum atomic E-state index is 3.68. The molecular formula is C15H24N2. The van der Waals surface area contributed by atoms with Gasteiger partial charge in [0.05, 0.1) is 0 Å². The molecular weight excluding hydrogens is 208 g/mol. The standard InChI is InChI=1S/C15H24N2/c1-17-12-6-10-15(13-17)16-11-5-9-14-7-3-2-4-8-14/h2-4,7-8,15-16H,5-6,9-13H2,1H3. The summed E-state index contributed by atoms with van der Waals surface area (Å²) in [5.74, 6) is 0. The van der Waals surface area contributed by atoms with Gasteiger partial charge in [0.2, 0.25) is 0 Å². The van der Waals surface area contributed by atoms with Crippen molar-refractivity contribution in [1.82, 2.24) is 10.2 Å². The predicted molar refractivity (Wildman–Crippen MR) is 73.3 cm³/mol. The summed E-state index contributed by atoms with van der Waals surface area (Å²) in [5, 5.41) is 3.68. The molecule has 94 valence electrons. The van der Waals surface area contributed by atoms with Crippen molar-refractivity contribution < 1.29 is 0 Å². The Kier molecular flexibility index (Phi) is 5.02. The third-order valence-electron chi connectivity index (χ3n) is 3.54. The Morgan fingerprint density at radius 3 is 2.88 bits per heavy atom. The first kappa shape index (κ1) is 12.6. The van der Waals surface area contributed by atoms with E-state index in [0.29, 0.717) is 6.04 Å². The Balaban J connectivity index is 1.60. The van der Waals surface area contributed by atoms with Crippen LogP contribution >= 0.6 is 0 Å². The van der Waals surface area contributed by atoms with Gasteiger partial charge in [-0.2, -0.15) is 0 Å². The van der Waals surface area contributed by atoms with Gasteiger partial charge >= 0.3 is 0 Å². The number of aryl methyl sites for hydroxylation is 1. The quantitative estimate of drug-likeness (QED) is 0.784.